The predicted molar refractivity (Wildman–Crippen MR) is 74.1 cm³/mol. The minimum Gasteiger partial charge on any atom is -0.336 e. The van der Waals surface area contributed by atoms with E-state index < -0.39 is 5.82 Å². The average molecular weight is 323 g/mol. The molecule has 1 aromatic carbocycles. The largest absolute Gasteiger partial charge is 0.336 e. The molecule has 3 nitrogen and oxygen atoms in total. The molecular formula is C14H12BrFN2O. The Balaban J connectivity index is 2.20. The molecule has 1 aromatic heterocycles. The van der Waals surface area contributed by atoms with Crippen LogP contribution in [0.1, 0.15) is 16.1 Å². The molecule has 0 N–H and O–H groups in total. The summed E-state index contributed by atoms with van der Waals surface area (Å²) in [5.74, 6) is -0.914. The average Bonchev–Trinajstić information content (AvgIpc) is 2.39. The van der Waals surface area contributed by atoms with Gasteiger partial charge in [-0.2, -0.15) is 0 Å². The number of pyridine rings is 1. The first-order valence-corrected chi connectivity index (χ1v) is 6.48. The van der Waals surface area contributed by atoms with Gasteiger partial charge in [0.2, 0.25) is 0 Å². The summed E-state index contributed by atoms with van der Waals surface area (Å²) in [5.41, 5.74) is 0.798. The molecular weight excluding hydrogens is 311 g/mol. The van der Waals surface area contributed by atoms with Crippen molar-refractivity contribution < 1.29 is 9.18 Å². The van der Waals surface area contributed by atoms with Crippen molar-refractivity contribution in [2.45, 2.75) is 6.54 Å². The van der Waals surface area contributed by atoms with Crippen molar-refractivity contribution >= 4 is 21.8 Å². The number of amides is 1. The van der Waals surface area contributed by atoms with Gasteiger partial charge in [0.15, 0.2) is 0 Å². The fraction of sp³-hybridized carbons (Fsp3) is 0.143. The zero-order chi connectivity index (χ0) is 13.8. The van der Waals surface area contributed by atoms with Crippen LogP contribution in [0.3, 0.4) is 0 Å². The second-order valence-corrected chi connectivity index (χ2v) is 4.93. The van der Waals surface area contributed by atoms with Crippen LogP contribution >= 0.6 is 15.9 Å². The number of rotatable bonds is 3. The van der Waals surface area contributed by atoms with Gasteiger partial charge in [0.05, 0.1) is 17.8 Å². The quantitative estimate of drug-likeness (QED) is 0.869. The van der Waals surface area contributed by atoms with Gasteiger partial charge < -0.3 is 4.90 Å². The lowest BCUT2D eigenvalue weighted by Crippen LogP contribution is -2.27. The van der Waals surface area contributed by atoms with Crippen molar-refractivity contribution in [2.75, 3.05) is 7.05 Å². The van der Waals surface area contributed by atoms with E-state index in [0.717, 1.165) is 5.69 Å². The summed E-state index contributed by atoms with van der Waals surface area (Å²) in [4.78, 5) is 17.8. The first kappa shape index (κ1) is 13.7. The Kier molecular flexibility index (Phi) is 4.27. The second-order valence-electron chi connectivity index (χ2n) is 4.08. The van der Waals surface area contributed by atoms with Crippen molar-refractivity contribution in [1.29, 1.82) is 0 Å². The number of hydrogen-bond donors (Lipinski definition) is 0. The lowest BCUT2D eigenvalue weighted by Gasteiger charge is -2.17. The molecule has 1 amide bonds. The van der Waals surface area contributed by atoms with Crippen molar-refractivity contribution in [3.63, 3.8) is 0 Å². The standard InChI is InChI=1S/C14H12BrFN2O/c1-18(9-10-5-2-3-8-17-10)14(19)13-11(15)6-4-7-12(13)16/h2-8H,9H2,1H3. The fourth-order valence-corrected chi connectivity index (χ4v) is 2.21. The van der Waals surface area contributed by atoms with Crippen molar-refractivity contribution in [2.24, 2.45) is 0 Å². The highest BCUT2D eigenvalue weighted by Crippen LogP contribution is 2.21. The highest BCUT2D eigenvalue weighted by atomic mass is 79.9. The third kappa shape index (κ3) is 3.17. The van der Waals surface area contributed by atoms with Crippen LogP contribution < -0.4 is 0 Å². The van der Waals surface area contributed by atoms with E-state index >= 15 is 0 Å². The molecule has 0 aliphatic rings. The van der Waals surface area contributed by atoms with Gasteiger partial charge in [-0.1, -0.05) is 12.1 Å². The molecule has 0 aliphatic heterocycles. The molecule has 2 aromatic rings. The number of nitrogens with zero attached hydrogens (tertiary/aromatic N) is 2. The number of halogens is 2. The Morgan fingerprint density at radius 1 is 1.32 bits per heavy atom. The normalized spacial score (nSPS) is 10.3. The molecule has 0 saturated heterocycles. The van der Waals surface area contributed by atoms with Gasteiger partial charge in [0.25, 0.3) is 5.91 Å². The minimum absolute atomic E-state index is 0.0425. The van der Waals surface area contributed by atoms with Crippen LogP contribution in [0.5, 0.6) is 0 Å². The van der Waals surface area contributed by atoms with E-state index in [4.69, 9.17) is 0 Å². The molecule has 0 fully saturated rings. The number of hydrogen-bond acceptors (Lipinski definition) is 2. The summed E-state index contributed by atoms with van der Waals surface area (Å²) in [6.45, 7) is 0.334. The zero-order valence-electron chi connectivity index (χ0n) is 10.3. The summed E-state index contributed by atoms with van der Waals surface area (Å²) < 4.78 is 14.2. The van der Waals surface area contributed by atoms with Gasteiger partial charge in [0, 0.05) is 17.7 Å². The highest BCUT2D eigenvalue weighted by molar-refractivity contribution is 9.10. The monoisotopic (exact) mass is 322 g/mol. The number of carbonyl (C=O) groups excluding carboxylic acids is 1. The molecule has 0 unspecified atom stereocenters. The van der Waals surface area contributed by atoms with Crippen LogP contribution in [0.15, 0.2) is 47.1 Å². The topological polar surface area (TPSA) is 33.2 Å². The van der Waals surface area contributed by atoms with Crippen molar-refractivity contribution in [1.82, 2.24) is 9.88 Å². The van der Waals surface area contributed by atoms with Crippen molar-refractivity contribution in [3.05, 3.63) is 64.1 Å². The maximum atomic E-state index is 13.7. The molecule has 0 aliphatic carbocycles. The predicted octanol–water partition coefficient (Wildman–Crippen LogP) is 3.26. The molecule has 98 valence electrons. The summed E-state index contributed by atoms with van der Waals surface area (Å²) in [5, 5.41) is 0. The molecule has 0 radical (unpaired) electrons. The van der Waals surface area contributed by atoms with Gasteiger partial charge in [-0.25, -0.2) is 4.39 Å². The SMILES string of the molecule is CN(Cc1ccccn1)C(=O)c1c(F)cccc1Br. The third-order valence-corrected chi connectivity index (χ3v) is 3.31. The summed E-state index contributed by atoms with van der Waals surface area (Å²) in [6.07, 6.45) is 1.66. The second kappa shape index (κ2) is 5.93. The van der Waals surface area contributed by atoms with Crippen LogP contribution in [0.2, 0.25) is 0 Å². The van der Waals surface area contributed by atoms with E-state index in [9.17, 15) is 9.18 Å². The van der Waals surface area contributed by atoms with E-state index in [1.54, 1.807) is 31.4 Å². The van der Waals surface area contributed by atoms with Crippen LogP contribution in [0.4, 0.5) is 4.39 Å². The Morgan fingerprint density at radius 2 is 2.11 bits per heavy atom. The number of aromatic nitrogens is 1. The van der Waals surface area contributed by atoms with E-state index in [1.165, 1.54) is 11.0 Å². The lowest BCUT2D eigenvalue weighted by molar-refractivity contribution is 0.0778. The molecule has 19 heavy (non-hydrogen) atoms. The van der Waals surface area contributed by atoms with E-state index in [2.05, 4.69) is 20.9 Å². The smallest absolute Gasteiger partial charge is 0.258 e. The fourth-order valence-electron chi connectivity index (χ4n) is 1.70. The maximum Gasteiger partial charge on any atom is 0.258 e. The van der Waals surface area contributed by atoms with E-state index in [1.807, 2.05) is 12.1 Å². The Labute approximate surface area is 119 Å². The molecule has 0 spiro atoms. The Bertz CT molecular complexity index is 569. The molecule has 0 atom stereocenters. The van der Waals surface area contributed by atoms with Gasteiger partial charge in [-0.15, -0.1) is 0 Å². The van der Waals surface area contributed by atoms with Crippen LogP contribution in [0, 0.1) is 5.82 Å². The van der Waals surface area contributed by atoms with Gasteiger partial charge >= 0.3 is 0 Å². The lowest BCUT2D eigenvalue weighted by atomic mass is 10.2. The van der Waals surface area contributed by atoms with Crippen molar-refractivity contribution in [3.8, 4) is 0 Å². The molecule has 0 saturated carbocycles. The zero-order valence-corrected chi connectivity index (χ0v) is 11.9. The molecule has 1 heterocycles. The van der Waals surface area contributed by atoms with Gasteiger partial charge in [0.1, 0.15) is 5.82 Å². The summed E-state index contributed by atoms with van der Waals surface area (Å²) in [6, 6.07) is 9.94. The van der Waals surface area contributed by atoms with Crippen LogP contribution in [-0.4, -0.2) is 22.8 Å². The first-order chi connectivity index (χ1) is 9.09. The Morgan fingerprint density at radius 3 is 2.74 bits per heavy atom. The van der Waals surface area contributed by atoms with Gasteiger partial charge in [-0.05, 0) is 40.2 Å². The van der Waals surface area contributed by atoms with E-state index in [-0.39, 0.29) is 11.5 Å². The van der Waals surface area contributed by atoms with E-state index in [0.29, 0.717) is 11.0 Å². The minimum atomic E-state index is -0.535. The molecule has 2 rings (SSSR count). The number of carbonyl (C=O) groups is 1. The van der Waals surface area contributed by atoms with Crippen LogP contribution in [-0.2, 0) is 6.54 Å². The highest BCUT2D eigenvalue weighted by Gasteiger charge is 2.19. The van der Waals surface area contributed by atoms with Gasteiger partial charge in [-0.3, -0.25) is 9.78 Å². The first-order valence-electron chi connectivity index (χ1n) is 5.69. The summed E-state index contributed by atoms with van der Waals surface area (Å²) in [7, 11) is 1.62. The maximum absolute atomic E-state index is 13.7. The molecule has 0 bridgehead atoms. The molecule has 5 heteroatoms. The Hall–Kier alpha value is -1.75. The number of benzene rings is 1. The summed E-state index contributed by atoms with van der Waals surface area (Å²) >= 11 is 3.20. The third-order valence-electron chi connectivity index (χ3n) is 2.65. The van der Waals surface area contributed by atoms with Crippen LogP contribution in [0.25, 0.3) is 0 Å².